The summed E-state index contributed by atoms with van der Waals surface area (Å²) in [6, 6.07) is 10.4. The molecule has 0 aliphatic carbocycles. The van der Waals surface area contributed by atoms with Gasteiger partial charge in [0.25, 0.3) is 0 Å². The second-order valence-electron chi connectivity index (χ2n) is 4.55. The third kappa shape index (κ3) is 3.68. The molecule has 0 aliphatic rings. The lowest BCUT2D eigenvalue weighted by Crippen LogP contribution is -2.22. The molecule has 0 bridgehead atoms. The van der Waals surface area contributed by atoms with Gasteiger partial charge in [-0.05, 0) is 12.5 Å². The van der Waals surface area contributed by atoms with Crippen molar-refractivity contribution < 1.29 is 0 Å². The standard InChI is InChI=1S/C13H18N4S2/c1-9(14)11(10-7-5-4-6-8-10)18-13-16-15-12(19-13)17(2)3/h4-9,11H,14H2,1-3H3. The van der Waals surface area contributed by atoms with E-state index in [2.05, 4.69) is 22.3 Å². The van der Waals surface area contributed by atoms with Gasteiger partial charge in [-0.15, -0.1) is 10.2 Å². The lowest BCUT2D eigenvalue weighted by Gasteiger charge is -2.19. The smallest absolute Gasteiger partial charge is 0.208 e. The number of nitrogens with two attached hydrogens (primary N) is 1. The topological polar surface area (TPSA) is 55.0 Å². The molecule has 4 nitrogen and oxygen atoms in total. The molecule has 0 saturated carbocycles. The van der Waals surface area contributed by atoms with Crippen LogP contribution in [-0.4, -0.2) is 30.3 Å². The maximum absolute atomic E-state index is 6.11. The summed E-state index contributed by atoms with van der Waals surface area (Å²) in [5, 5.41) is 9.49. The SMILES string of the molecule is CC(N)C(Sc1nnc(N(C)C)s1)c1ccccc1. The summed E-state index contributed by atoms with van der Waals surface area (Å²) in [7, 11) is 3.93. The molecule has 2 atom stereocenters. The highest BCUT2D eigenvalue weighted by molar-refractivity contribution is 8.01. The molecular weight excluding hydrogens is 276 g/mol. The van der Waals surface area contributed by atoms with Crippen LogP contribution in [0.4, 0.5) is 5.13 Å². The van der Waals surface area contributed by atoms with Gasteiger partial charge in [-0.2, -0.15) is 0 Å². The number of anilines is 1. The largest absolute Gasteiger partial charge is 0.353 e. The van der Waals surface area contributed by atoms with Crippen LogP contribution in [0, 0.1) is 0 Å². The molecule has 0 saturated heterocycles. The monoisotopic (exact) mass is 294 g/mol. The van der Waals surface area contributed by atoms with Gasteiger partial charge in [0.15, 0.2) is 4.34 Å². The molecule has 0 fully saturated rings. The van der Waals surface area contributed by atoms with Crippen molar-refractivity contribution in [3.8, 4) is 0 Å². The summed E-state index contributed by atoms with van der Waals surface area (Å²) < 4.78 is 0.954. The third-order valence-corrected chi connectivity index (χ3v) is 5.27. The second kappa shape index (κ2) is 6.36. The van der Waals surface area contributed by atoms with Gasteiger partial charge in [-0.3, -0.25) is 0 Å². The Morgan fingerprint density at radius 3 is 2.42 bits per heavy atom. The van der Waals surface area contributed by atoms with Crippen LogP contribution in [0.2, 0.25) is 0 Å². The van der Waals surface area contributed by atoms with E-state index in [1.54, 1.807) is 23.1 Å². The van der Waals surface area contributed by atoms with Crippen molar-refractivity contribution in [2.75, 3.05) is 19.0 Å². The van der Waals surface area contributed by atoms with Gasteiger partial charge in [0.2, 0.25) is 5.13 Å². The van der Waals surface area contributed by atoms with Crippen molar-refractivity contribution in [2.45, 2.75) is 22.6 Å². The molecule has 2 unspecified atom stereocenters. The van der Waals surface area contributed by atoms with Crippen LogP contribution in [-0.2, 0) is 0 Å². The van der Waals surface area contributed by atoms with E-state index in [0.717, 1.165) is 9.47 Å². The first kappa shape index (κ1) is 14.3. The first-order chi connectivity index (χ1) is 9.08. The quantitative estimate of drug-likeness (QED) is 0.859. The van der Waals surface area contributed by atoms with Crippen LogP contribution >= 0.6 is 23.1 Å². The molecular formula is C13H18N4S2. The van der Waals surface area contributed by atoms with Crippen LogP contribution in [0.1, 0.15) is 17.7 Å². The molecule has 6 heteroatoms. The van der Waals surface area contributed by atoms with Crippen LogP contribution in [0.15, 0.2) is 34.7 Å². The Hall–Kier alpha value is -1.11. The lowest BCUT2D eigenvalue weighted by molar-refractivity contribution is 0.720. The lowest BCUT2D eigenvalue weighted by atomic mass is 10.1. The highest BCUT2D eigenvalue weighted by Gasteiger charge is 2.20. The average molecular weight is 294 g/mol. The van der Waals surface area contributed by atoms with E-state index < -0.39 is 0 Å². The maximum atomic E-state index is 6.11. The number of thioether (sulfide) groups is 1. The van der Waals surface area contributed by atoms with Gasteiger partial charge in [0.1, 0.15) is 0 Å². The van der Waals surface area contributed by atoms with E-state index in [-0.39, 0.29) is 11.3 Å². The molecule has 1 aromatic carbocycles. The number of rotatable bonds is 5. The molecule has 0 spiro atoms. The molecule has 2 aromatic rings. The van der Waals surface area contributed by atoms with Crippen molar-refractivity contribution in [1.82, 2.24) is 10.2 Å². The Morgan fingerprint density at radius 2 is 1.89 bits per heavy atom. The zero-order valence-corrected chi connectivity index (χ0v) is 12.9. The van der Waals surface area contributed by atoms with Gasteiger partial charge in [0.05, 0.1) is 5.25 Å². The molecule has 19 heavy (non-hydrogen) atoms. The van der Waals surface area contributed by atoms with Crippen molar-refractivity contribution >= 4 is 28.2 Å². The first-order valence-corrected chi connectivity index (χ1v) is 7.75. The highest BCUT2D eigenvalue weighted by atomic mass is 32.2. The molecule has 0 amide bonds. The summed E-state index contributed by atoms with van der Waals surface area (Å²) in [5.74, 6) is 0. The fourth-order valence-electron chi connectivity index (χ4n) is 1.66. The van der Waals surface area contributed by atoms with Crippen molar-refractivity contribution in [1.29, 1.82) is 0 Å². The number of benzene rings is 1. The van der Waals surface area contributed by atoms with Gasteiger partial charge in [0, 0.05) is 20.1 Å². The van der Waals surface area contributed by atoms with Crippen LogP contribution in [0.3, 0.4) is 0 Å². The molecule has 0 aliphatic heterocycles. The number of hydrogen-bond donors (Lipinski definition) is 1. The Morgan fingerprint density at radius 1 is 1.21 bits per heavy atom. The normalized spacial score (nSPS) is 14.1. The molecule has 2 N–H and O–H groups in total. The number of nitrogens with zero attached hydrogens (tertiary/aromatic N) is 3. The summed E-state index contributed by atoms with van der Waals surface area (Å²) >= 11 is 3.27. The van der Waals surface area contributed by atoms with Gasteiger partial charge < -0.3 is 10.6 Å². The van der Waals surface area contributed by atoms with Crippen LogP contribution in [0.25, 0.3) is 0 Å². The van der Waals surface area contributed by atoms with E-state index in [1.165, 1.54) is 5.56 Å². The predicted molar refractivity (Wildman–Crippen MR) is 82.9 cm³/mol. The van der Waals surface area contributed by atoms with Gasteiger partial charge >= 0.3 is 0 Å². The fraction of sp³-hybridized carbons (Fsp3) is 0.385. The van der Waals surface area contributed by atoms with Crippen molar-refractivity contribution in [3.63, 3.8) is 0 Å². The van der Waals surface area contributed by atoms with E-state index in [4.69, 9.17) is 5.73 Å². The summed E-state index contributed by atoms with van der Waals surface area (Å²) in [4.78, 5) is 1.96. The number of hydrogen-bond acceptors (Lipinski definition) is 6. The number of aromatic nitrogens is 2. The zero-order chi connectivity index (χ0) is 13.8. The van der Waals surface area contributed by atoms with Crippen molar-refractivity contribution in [2.24, 2.45) is 5.73 Å². The summed E-state index contributed by atoms with van der Waals surface area (Å²) in [6.07, 6.45) is 0. The first-order valence-electron chi connectivity index (χ1n) is 6.06. The minimum atomic E-state index is 0.0547. The fourth-order valence-corrected chi connectivity index (χ4v) is 3.70. The maximum Gasteiger partial charge on any atom is 0.208 e. The third-order valence-electron chi connectivity index (χ3n) is 2.61. The molecule has 0 radical (unpaired) electrons. The zero-order valence-electron chi connectivity index (χ0n) is 11.3. The van der Waals surface area contributed by atoms with Gasteiger partial charge in [-0.1, -0.05) is 53.4 Å². The predicted octanol–water partition coefficient (Wildman–Crippen LogP) is 2.78. The van der Waals surface area contributed by atoms with E-state index in [0.29, 0.717) is 0 Å². The molecule has 1 aromatic heterocycles. The van der Waals surface area contributed by atoms with E-state index >= 15 is 0 Å². The van der Waals surface area contributed by atoms with Crippen LogP contribution in [0.5, 0.6) is 0 Å². The van der Waals surface area contributed by atoms with Crippen LogP contribution < -0.4 is 10.6 Å². The average Bonchev–Trinajstić information content (AvgIpc) is 2.85. The molecule has 102 valence electrons. The molecule has 2 rings (SSSR count). The second-order valence-corrected chi connectivity index (χ2v) is 6.90. The molecule has 1 heterocycles. The Labute approximate surface area is 122 Å². The minimum Gasteiger partial charge on any atom is -0.353 e. The Balaban J connectivity index is 2.17. The van der Waals surface area contributed by atoms with E-state index in [1.807, 2.05) is 44.1 Å². The van der Waals surface area contributed by atoms with Crippen molar-refractivity contribution in [3.05, 3.63) is 35.9 Å². The Bertz CT molecular complexity index is 510. The summed E-state index contributed by atoms with van der Waals surface area (Å²) in [6.45, 7) is 2.03. The summed E-state index contributed by atoms with van der Waals surface area (Å²) in [5.41, 5.74) is 7.33. The highest BCUT2D eigenvalue weighted by Crippen LogP contribution is 2.39. The van der Waals surface area contributed by atoms with E-state index in [9.17, 15) is 0 Å². The van der Waals surface area contributed by atoms with Gasteiger partial charge in [-0.25, -0.2) is 0 Å². The Kier molecular flexibility index (Phi) is 4.79. The minimum absolute atomic E-state index is 0.0547.